The first-order valence-electron chi connectivity index (χ1n) is 9.10. The standard InChI is InChI=1S/C20H27N3O3S/c1-15-4-6-18(27-15)13-21-20(24)23-10-8-22(9-11-23)14-16-12-17(25-2)5-7-19(16)26-3/h4-7,12H,8-11,13-14H2,1-3H3,(H,21,24). The number of hydrogen-bond acceptors (Lipinski definition) is 5. The number of carbonyl (C=O) groups is 1. The highest BCUT2D eigenvalue weighted by Gasteiger charge is 2.22. The van der Waals surface area contributed by atoms with E-state index in [1.165, 1.54) is 9.75 Å². The zero-order valence-electron chi connectivity index (χ0n) is 16.2. The van der Waals surface area contributed by atoms with Gasteiger partial charge in [-0.25, -0.2) is 4.79 Å². The van der Waals surface area contributed by atoms with Crippen molar-refractivity contribution in [3.8, 4) is 11.5 Å². The second kappa shape index (κ2) is 9.10. The third-order valence-electron chi connectivity index (χ3n) is 4.75. The minimum Gasteiger partial charge on any atom is -0.497 e. The third kappa shape index (κ3) is 5.14. The number of amides is 2. The monoisotopic (exact) mass is 389 g/mol. The summed E-state index contributed by atoms with van der Waals surface area (Å²) in [4.78, 5) is 19.1. The maximum atomic E-state index is 12.4. The van der Waals surface area contributed by atoms with Crippen LogP contribution in [0.1, 0.15) is 15.3 Å². The molecule has 6 nitrogen and oxygen atoms in total. The van der Waals surface area contributed by atoms with E-state index in [1.54, 1.807) is 25.6 Å². The molecule has 3 rings (SSSR count). The Hall–Kier alpha value is -2.25. The van der Waals surface area contributed by atoms with Crippen molar-refractivity contribution in [2.75, 3.05) is 40.4 Å². The van der Waals surface area contributed by atoms with Gasteiger partial charge in [-0.05, 0) is 37.3 Å². The summed E-state index contributed by atoms with van der Waals surface area (Å²) < 4.78 is 10.8. The second-order valence-electron chi connectivity index (χ2n) is 6.61. The molecule has 0 spiro atoms. The number of aryl methyl sites for hydroxylation is 1. The molecule has 1 N–H and O–H groups in total. The van der Waals surface area contributed by atoms with Gasteiger partial charge < -0.3 is 19.7 Å². The zero-order valence-corrected chi connectivity index (χ0v) is 17.0. The van der Waals surface area contributed by atoms with Gasteiger partial charge in [-0.3, -0.25) is 4.90 Å². The quantitative estimate of drug-likeness (QED) is 0.825. The first kappa shape index (κ1) is 19.5. The van der Waals surface area contributed by atoms with Gasteiger partial charge in [0.25, 0.3) is 0 Å². The molecule has 0 saturated carbocycles. The van der Waals surface area contributed by atoms with Crippen LogP contribution in [-0.2, 0) is 13.1 Å². The minimum atomic E-state index is 0.0136. The summed E-state index contributed by atoms with van der Waals surface area (Å²) in [5.41, 5.74) is 1.10. The number of methoxy groups -OCH3 is 2. The van der Waals surface area contributed by atoms with Crippen molar-refractivity contribution in [1.29, 1.82) is 0 Å². The number of hydrogen-bond donors (Lipinski definition) is 1. The summed E-state index contributed by atoms with van der Waals surface area (Å²) in [7, 11) is 3.35. The number of rotatable bonds is 6. The van der Waals surface area contributed by atoms with E-state index in [0.717, 1.165) is 49.8 Å². The smallest absolute Gasteiger partial charge is 0.317 e. The van der Waals surface area contributed by atoms with Crippen molar-refractivity contribution in [3.63, 3.8) is 0 Å². The van der Waals surface area contributed by atoms with Gasteiger partial charge in [0.1, 0.15) is 11.5 Å². The lowest BCUT2D eigenvalue weighted by molar-refractivity contribution is 0.134. The van der Waals surface area contributed by atoms with Crippen LogP contribution in [0.5, 0.6) is 11.5 Å². The van der Waals surface area contributed by atoms with Crippen molar-refractivity contribution in [2.24, 2.45) is 0 Å². The van der Waals surface area contributed by atoms with Crippen LogP contribution in [0.4, 0.5) is 4.79 Å². The molecule has 1 aliphatic heterocycles. The molecule has 0 atom stereocenters. The average molecular weight is 390 g/mol. The molecule has 146 valence electrons. The number of nitrogens with zero attached hydrogens (tertiary/aromatic N) is 2. The number of benzene rings is 1. The summed E-state index contributed by atoms with van der Waals surface area (Å²) in [6.07, 6.45) is 0. The van der Waals surface area contributed by atoms with E-state index in [4.69, 9.17) is 9.47 Å². The van der Waals surface area contributed by atoms with E-state index in [1.807, 2.05) is 23.1 Å². The van der Waals surface area contributed by atoms with E-state index in [9.17, 15) is 4.79 Å². The molecule has 7 heteroatoms. The number of thiophene rings is 1. The summed E-state index contributed by atoms with van der Waals surface area (Å²) in [6.45, 7) is 6.58. The van der Waals surface area contributed by atoms with Gasteiger partial charge >= 0.3 is 6.03 Å². The van der Waals surface area contributed by atoms with Crippen LogP contribution in [0.15, 0.2) is 30.3 Å². The van der Waals surface area contributed by atoms with Gasteiger partial charge in [0.05, 0.1) is 20.8 Å². The number of ether oxygens (including phenoxy) is 2. The molecular formula is C20H27N3O3S. The van der Waals surface area contributed by atoms with Crippen molar-refractivity contribution in [1.82, 2.24) is 15.1 Å². The molecule has 2 amide bonds. The molecule has 2 heterocycles. The van der Waals surface area contributed by atoms with Crippen LogP contribution in [0.3, 0.4) is 0 Å². The van der Waals surface area contributed by atoms with Crippen LogP contribution in [0.2, 0.25) is 0 Å². The molecule has 0 radical (unpaired) electrons. The molecule has 0 unspecified atom stereocenters. The number of piperazine rings is 1. The Balaban J connectivity index is 1.49. The molecule has 1 saturated heterocycles. The van der Waals surface area contributed by atoms with Crippen molar-refractivity contribution in [3.05, 3.63) is 45.6 Å². The highest BCUT2D eigenvalue weighted by atomic mass is 32.1. The summed E-state index contributed by atoms with van der Waals surface area (Å²) >= 11 is 1.72. The van der Waals surface area contributed by atoms with Crippen LogP contribution >= 0.6 is 11.3 Å². The van der Waals surface area contributed by atoms with Crippen molar-refractivity contribution < 1.29 is 14.3 Å². The topological polar surface area (TPSA) is 54.0 Å². The first-order chi connectivity index (χ1) is 13.1. The van der Waals surface area contributed by atoms with Gasteiger partial charge in [-0.2, -0.15) is 0 Å². The second-order valence-corrected chi connectivity index (χ2v) is 7.98. The molecule has 0 bridgehead atoms. The lowest BCUT2D eigenvalue weighted by Crippen LogP contribution is -2.51. The van der Waals surface area contributed by atoms with Gasteiger partial charge in [0.2, 0.25) is 0 Å². The number of carbonyl (C=O) groups excluding carboxylic acids is 1. The Labute approximate surface area is 164 Å². The fourth-order valence-electron chi connectivity index (χ4n) is 3.21. The van der Waals surface area contributed by atoms with Crippen LogP contribution in [-0.4, -0.2) is 56.2 Å². The fourth-order valence-corrected chi connectivity index (χ4v) is 4.04. The molecule has 1 fully saturated rings. The maximum Gasteiger partial charge on any atom is 0.317 e. The molecule has 0 aliphatic carbocycles. The normalized spacial score (nSPS) is 14.9. The Kier molecular flexibility index (Phi) is 6.58. The fraction of sp³-hybridized carbons (Fsp3) is 0.450. The molecular weight excluding hydrogens is 362 g/mol. The zero-order chi connectivity index (χ0) is 19.2. The lowest BCUT2D eigenvalue weighted by Gasteiger charge is -2.34. The summed E-state index contributed by atoms with van der Waals surface area (Å²) in [5, 5.41) is 3.02. The van der Waals surface area contributed by atoms with Crippen LogP contribution in [0, 0.1) is 6.92 Å². The van der Waals surface area contributed by atoms with Crippen molar-refractivity contribution >= 4 is 17.4 Å². The average Bonchev–Trinajstić information content (AvgIpc) is 3.12. The molecule has 2 aromatic rings. The van der Waals surface area contributed by atoms with Gasteiger partial charge in [0, 0.05) is 48.0 Å². The van der Waals surface area contributed by atoms with Crippen LogP contribution in [0.25, 0.3) is 0 Å². The third-order valence-corrected chi connectivity index (χ3v) is 5.75. The largest absolute Gasteiger partial charge is 0.497 e. The summed E-state index contributed by atoms with van der Waals surface area (Å²) in [5.74, 6) is 1.69. The number of nitrogens with one attached hydrogen (secondary N) is 1. The Bertz CT molecular complexity index is 770. The highest BCUT2D eigenvalue weighted by molar-refractivity contribution is 7.11. The Morgan fingerprint density at radius 3 is 2.52 bits per heavy atom. The predicted molar refractivity (Wildman–Crippen MR) is 108 cm³/mol. The molecule has 1 aliphatic rings. The Morgan fingerprint density at radius 1 is 1.11 bits per heavy atom. The van der Waals surface area contributed by atoms with E-state index in [2.05, 4.69) is 29.3 Å². The molecule has 1 aromatic heterocycles. The highest BCUT2D eigenvalue weighted by Crippen LogP contribution is 2.25. The van der Waals surface area contributed by atoms with Crippen LogP contribution < -0.4 is 14.8 Å². The lowest BCUT2D eigenvalue weighted by atomic mass is 10.1. The van der Waals surface area contributed by atoms with E-state index >= 15 is 0 Å². The first-order valence-corrected chi connectivity index (χ1v) is 9.92. The SMILES string of the molecule is COc1ccc(OC)c(CN2CCN(C(=O)NCc3ccc(C)s3)CC2)c1. The van der Waals surface area contributed by atoms with E-state index < -0.39 is 0 Å². The predicted octanol–water partition coefficient (Wildman–Crippen LogP) is 3.10. The maximum absolute atomic E-state index is 12.4. The van der Waals surface area contributed by atoms with Gasteiger partial charge in [0.15, 0.2) is 0 Å². The van der Waals surface area contributed by atoms with Crippen molar-refractivity contribution in [2.45, 2.75) is 20.0 Å². The van der Waals surface area contributed by atoms with E-state index in [-0.39, 0.29) is 6.03 Å². The molecule has 27 heavy (non-hydrogen) atoms. The number of urea groups is 1. The van der Waals surface area contributed by atoms with Gasteiger partial charge in [-0.15, -0.1) is 11.3 Å². The van der Waals surface area contributed by atoms with E-state index in [0.29, 0.717) is 6.54 Å². The van der Waals surface area contributed by atoms with Gasteiger partial charge in [-0.1, -0.05) is 0 Å². The minimum absolute atomic E-state index is 0.0136. The molecule has 1 aromatic carbocycles. The summed E-state index contributed by atoms with van der Waals surface area (Å²) in [6, 6.07) is 10.0. The Morgan fingerprint density at radius 2 is 1.89 bits per heavy atom.